The van der Waals surface area contributed by atoms with Crippen molar-refractivity contribution >= 4 is 11.9 Å². The van der Waals surface area contributed by atoms with Crippen LogP contribution in [0.1, 0.15) is 37.0 Å². The number of guanidine groups is 1. The van der Waals surface area contributed by atoms with E-state index in [9.17, 15) is 4.79 Å². The third-order valence-electron chi connectivity index (χ3n) is 3.58. The molecule has 0 aliphatic heterocycles. The predicted octanol–water partition coefficient (Wildman–Crippen LogP) is 2.27. The van der Waals surface area contributed by atoms with E-state index in [2.05, 4.69) is 15.6 Å². The van der Waals surface area contributed by atoms with E-state index < -0.39 is 5.91 Å². The van der Waals surface area contributed by atoms with Crippen LogP contribution in [0.5, 0.6) is 5.75 Å². The van der Waals surface area contributed by atoms with Gasteiger partial charge in [-0.15, -0.1) is 0 Å². The summed E-state index contributed by atoms with van der Waals surface area (Å²) in [6, 6.07) is 11.3. The van der Waals surface area contributed by atoms with Gasteiger partial charge in [0.15, 0.2) is 12.6 Å². The number of nitrogens with zero attached hydrogens (tertiary/aromatic N) is 1. The zero-order chi connectivity index (χ0) is 18.9. The minimum atomic E-state index is -0.505. The molecule has 1 amide bonds. The van der Waals surface area contributed by atoms with Gasteiger partial charge in [-0.2, -0.15) is 0 Å². The SMILES string of the molecule is CCNC(=NCc1cccc(OCC(N)=O)c1)NC(C)c1ccc(C)o1. The number of aryl methyl sites for hydroxylation is 1. The largest absolute Gasteiger partial charge is 0.484 e. The molecule has 1 heterocycles. The zero-order valence-electron chi connectivity index (χ0n) is 15.4. The van der Waals surface area contributed by atoms with Gasteiger partial charge in [0.2, 0.25) is 0 Å². The van der Waals surface area contributed by atoms with E-state index >= 15 is 0 Å². The zero-order valence-corrected chi connectivity index (χ0v) is 15.4. The summed E-state index contributed by atoms with van der Waals surface area (Å²) < 4.78 is 11.0. The Morgan fingerprint density at radius 1 is 1.35 bits per heavy atom. The molecule has 26 heavy (non-hydrogen) atoms. The van der Waals surface area contributed by atoms with Crippen LogP contribution < -0.4 is 21.1 Å². The van der Waals surface area contributed by atoms with Gasteiger partial charge in [-0.05, 0) is 50.6 Å². The number of nitrogens with two attached hydrogens (primary N) is 1. The number of primary amides is 1. The van der Waals surface area contributed by atoms with Crippen molar-refractivity contribution in [3.05, 3.63) is 53.5 Å². The molecule has 7 nitrogen and oxygen atoms in total. The molecule has 140 valence electrons. The summed E-state index contributed by atoms with van der Waals surface area (Å²) in [5.41, 5.74) is 6.06. The molecule has 1 unspecified atom stereocenters. The van der Waals surface area contributed by atoms with E-state index in [0.717, 1.165) is 23.6 Å². The van der Waals surface area contributed by atoms with Gasteiger partial charge in [0, 0.05) is 6.54 Å². The van der Waals surface area contributed by atoms with Crippen LogP contribution in [0.2, 0.25) is 0 Å². The highest BCUT2D eigenvalue weighted by Crippen LogP contribution is 2.16. The van der Waals surface area contributed by atoms with Gasteiger partial charge < -0.3 is 25.5 Å². The third kappa shape index (κ3) is 6.16. The average Bonchev–Trinajstić information content (AvgIpc) is 3.05. The van der Waals surface area contributed by atoms with Gasteiger partial charge in [-0.25, -0.2) is 4.99 Å². The summed E-state index contributed by atoms with van der Waals surface area (Å²) in [5.74, 6) is 2.51. The molecular weight excluding hydrogens is 332 g/mol. The van der Waals surface area contributed by atoms with Crippen molar-refractivity contribution in [2.45, 2.75) is 33.4 Å². The number of carbonyl (C=O) groups is 1. The summed E-state index contributed by atoms with van der Waals surface area (Å²) in [7, 11) is 0. The number of nitrogens with one attached hydrogen (secondary N) is 2. The van der Waals surface area contributed by atoms with Crippen LogP contribution in [0.4, 0.5) is 0 Å². The molecule has 0 aliphatic rings. The first kappa shape index (κ1) is 19.4. The summed E-state index contributed by atoms with van der Waals surface area (Å²) in [6.07, 6.45) is 0. The lowest BCUT2D eigenvalue weighted by Gasteiger charge is -2.16. The van der Waals surface area contributed by atoms with Crippen molar-refractivity contribution in [3.63, 3.8) is 0 Å². The molecule has 0 spiro atoms. The molecule has 0 aliphatic carbocycles. The summed E-state index contributed by atoms with van der Waals surface area (Å²) >= 11 is 0. The molecule has 0 bridgehead atoms. The maximum atomic E-state index is 10.8. The fourth-order valence-corrected chi connectivity index (χ4v) is 2.34. The maximum absolute atomic E-state index is 10.8. The van der Waals surface area contributed by atoms with E-state index in [0.29, 0.717) is 18.3 Å². The average molecular weight is 358 g/mol. The monoisotopic (exact) mass is 358 g/mol. The maximum Gasteiger partial charge on any atom is 0.255 e. The Bertz CT molecular complexity index is 755. The van der Waals surface area contributed by atoms with Crippen LogP contribution in [0, 0.1) is 6.92 Å². The number of hydrogen-bond acceptors (Lipinski definition) is 4. The molecule has 2 aromatic rings. The predicted molar refractivity (Wildman–Crippen MR) is 101 cm³/mol. The Balaban J connectivity index is 2.01. The molecule has 1 atom stereocenters. The van der Waals surface area contributed by atoms with Crippen LogP contribution in [-0.4, -0.2) is 25.0 Å². The normalized spacial score (nSPS) is 12.5. The molecule has 0 saturated heterocycles. The fourth-order valence-electron chi connectivity index (χ4n) is 2.34. The van der Waals surface area contributed by atoms with Gasteiger partial charge in [-0.3, -0.25) is 4.79 Å². The first-order valence-electron chi connectivity index (χ1n) is 8.59. The lowest BCUT2D eigenvalue weighted by molar-refractivity contribution is -0.119. The molecule has 0 saturated carbocycles. The quantitative estimate of drug-likeness (QED) is 0.496. The number of furan rings is 1. The Morgan fingerprint density at radius 3 is 2.81 bits per heavy atom. The molecule has 4 N–H and O–H groups in total. The van der Waals surface area contributed by atoms with Crippen molar-refractivity contribution in [2.75, 3.05) is 13.2 Å². The van der Waals surface area contributed by atoms with Crippen molar-refractivity contribution in [2.24, 2.45) is 10.7 Å². The number of rotatable bonds is 8. The van der Waals surface area contributed by atoms with Gasteiger partial charge in [0.1, 0.15) is 17.3 Å². The number of ether oxygens (including phenoxy) is 1. The Kier molecular flexibility index (Phi) is 7.08. The van der Waals surface area contributed by atoms with Crippen LogP contribution in [0.3, 0.4) is 0 Å². The molecule has 1 aromatic carbocycles. The van der Waals surface area contributed by atoms with Gasteiger partial charge in [0.05, 0.1) is 12.6 Å². The first-order valence-corrected chi connectivity index (χ1v) is 8.59. The molecule has 1 aromatic heterocycles. The summed E-state index contributed by atoms with van der Waals surface area (Å²) in [4.78, 5) is 15.4. The van der Waals surface area contributed by atoms with E-state index in [1.807, 2.05) is 51.1 Å². The summed E-state index contributed by atoms with van der Waals surface area (Å²) in [6.45, 7) is 7.02. The summed E-state index contributed by atoms with van der Waals surface area (Å²) in [5, 5.41) is 6.54. The van der Waals surface area contributed by atoms with Crippen molar-refractivity contribution in [1.82, 2.24) is 10.6 Å². The smallest absolute Gasteiger partial charge is 0.255 e. The number of aliphatic imine (C=N–C) groups is 1. The highest BCUT2D eigenvalue weighted by molar-refractivity contribution is 5.80. The van der Waals surface area contributed by atoms with Crippen LogP contribution in [0.15, 0.2) is 45.8 Å². The van der Waals surface area contributed by atoms with Crippen molar-refractivity contribution in [3.8, 4) is 5.75 Å². The minimum Gasteiger partial charge on any atom is -0.484 e. The highest BCUT2D eigenvalue weighted by atomic mass is 16.5. The lowest BCUT2D eigenvalue weighted by Crippen LogP contribution is -2.38. The third-order valence-corrected chi connectivity index (χ3v) is 3.58. The number of hydrogen-bond donors (Lipinski definition) is 3. The van der Waals surface area contributed by atoms with Gasteiger partial charge >= 0.3 is 0 Å². The minimum absolute atomic E-state index is 0.00765. The second-order valence-corrected chi connectivity index (χ2v) is 5.91. The molecular formula is C19H26N4O3. The molecule has 2 rings (SSSR count). The Hall–Kier alpha value is -2.96. The lowest BCUT2D eigenvalue weighted by atomic mass is 10.2. The van der Waals surface area contributed by atoms with E-state index in [-0.39, 0.29) is 12.6 Å². The molecule has 7 heteroatoms. The number of benzene rings is 1. The number of carbonyl (C=O) groups excluding carboxylic acids is 1. The van der Waals surface area contributed by atoms with E-state index in [1.54, 1.807) is 6.07 Å². The Labute approximate surface area is 153 Å². The molecule has 0 radical (unpaired) electrons. The van der Waals surface area contributed by atoms with Gasteiger partial charge in [0.25, 0.3) is 5.91 Å². The van der Waals surface area contributed by atoms with E-state index in [1.165, 1.54) is 0 Å². The fraction of sp³-hybridized carbons (Fsp3) is 0.368. The van der Waals surface area contributed by atoms with Crippen LogP contribution in [-0.2, 0) is 11.3 Å². The van der Waals surface area contributed by atoms with Crippen LogP contribution >= 0.6 is 0 Å². The molecule has 0 fully saturated rings. The number of amides is 1. The van der Waals surface area contributed by atoms with Crippen molar-refractivity contribution < 1.29 is 13.9 Å². The Morgan fingerprint density at radius 2 is 2.15 bits per heavy atom. The van der Waals surface area contributed by atoms with Crippen molar-refractivity contribution in [1.29, 1.82) is 0 Å². The van der Waals surface area contributed by atoms with Gasteiger partial charge in [-0.1, -0.05) is 12.1 Å². The second kappa shape index (κ2) is 9.50. The highest BCUT2D eigenvalue weighted by Gasteiger charge is 2.11. The first-order chi connectivity index (χ1) is 12.5. The second-order valence-electron chi connectivity index (χ2n) is 5.91. The topological polar surface area (TPSA) is 102 Å². The van der Waals surface area contributed by atoms with E-state index in [4.69, 9.17) is 14.9 Å². The van der Waals surface area contributed by atoms with Crippen LogP contribution in [0.25, 0.3) is 0 Å². The standard InChI is InChI=1S/C19H26N4O3/c1-4-21-19(23-14(3)17-9-8-13(2)26-17)22-11-15-6-5-7-16(10-15)25-12-18(20)24/h5-10,14H,4,11-12H2,1-3H3,(H2,20,24)(H2,21,22,23).